The number of carbonyl (C=O) groups is 2. The molecule has 2 amide bonds. The Labute approximate surface area is 237 Å². The van der Waals surface area contributed by atoms with E-state index in [1.807, 2.05) is 0 Å². The zero-order chi connectivity index (χ0) is 30.4. The van der Waals surface area contributed by atoms with E-state index in [0.29, 0.717) is 23.3 Å². The SMILES string of the molecule is CC1=C(C(=O)Nc2ccc3cnccc3c2)C(c2ccc(C(F)(F)F)c(F)c2)n2nc(NC(=O)OC(C)(C)C)cc2N1. The average Bonchev–Trinajstić information content (AvgIpc) is 3.27. The van der Waals surface area contributed by atoms with Crippen LogP contribution < -0.4 is 16.0 Å². The van der Waals surface area contributed by atoms with Crippen molar-refractivity contribution in [1.29, 1.82) is 0 Å². The summed E-state index contributed by atoms with van der Waals surface area (Å²) >= 11 is 0. The normalized spacial score (nSPS) is 15.2. The third-order valence-corrected chi connectivity index (χ3v) is 6.36. The highest BCUT2D eigenvalue weighted by Crippen LogP contribution is 2.40. The molecule has 5 rings (SSSR count). The van der Waals surface area contributed by atoms with Crippen molar-refractivity contribution in [1.82, 2.24) is 14.8 Å². The Balaban J connectivity index is 1.55. The van der Waals surface area contributed by atoms with Gasteiger partial charge in [-0.05, 0) is 69.0 Å². The minimum atomic E-state index is -4.91. The van der Waals surface area contributed by atoms with Gasteiger partial charge in [-0.25, -0.2) is 13.9 Å². The zero-order valence-electron chi connectivity index (χ0n) is 22.9. The number of nitrogens with zero attached hydrogens (tertiary/aromatic N) is 3. The maximum absolute atomic E-state index is 14.8. The van der Waals surface area contributed by atoms with Gasteiger partial charge in [-0.1, -0.05) is 12.1 Å². The first-order valence-electron chi connectivity index (χ1n) is 12.8. The van der Waals surface area contributed by atoms with Gasteiger partial charge in [-0.3, -0.25) is 15.1 Å². The van der Waals surface area contributed by atoms with Crippen LogP contribution in [0.1, 0.15) is 44.9 Å². The molecule has 1 aliphatic rings. The second-order valence-corrected chi connectivity index (χ2v) is 10.7. The number of halogens is 4. The zero-order valence-corrected chi connectivity index (χ0v) is 22.9. The number of alkyl halides is 3. The van der Waals surface area contributed by atoms with Crippen molar-refractivity contribution in [2.24, 2.45) is 0 Å². The summed E-state index contributed by atoms with van der Waals surface area (Å²) in [5.41, 5.74) is -1.32. The molecule has 2 aromatic heterocycles. The lowest BCUT2D eigenvalue weighted by atomic mass is 9.93. The number of nitrogens with one attached hydrogen (secondary N) is 3. The van der Waals surface area contributed by atoms with Crippen molar-refractivity contribution in [2.75, 3.05) is 16.0 Å². The Bertz CT molecular complexity index is 1740. The van der Waals surface area contributed by atoms with Crippen molar-refractivity contribution in [3.05, 3.63) is 89.1 Å². The molecule has 3 N–H and O–H groups in total. The number of aromatic nitrogens is 3. The molecule has 9 nitrogen and oxygen atoms in total. The van der Waals surface area contributed by atoms with Crippen LogP contribution in [0.5, 0.6) is 0 Å². The molecule has 0 spiro atoms. The summed E-state index contributed by atoms with van der Waals surface area (Å²) in [4.78, 5) is 30.2. The average molecular weight is 583 g/mol. The molecule has 218 valence electrons. The number of pyridine rings is 1. The number of fused-ring (bicyclic) bond motifs is 2. The topological polar surface area (TPSA) is 110 Å². The van der Waals surface area contributed by atoms with Crippen LogP contribution in [0.4, 0.5) is 39.7 Å². The van der Waals surface area contributed by atoms with Gasteiger partial charge in [-0.15, -0.1) is 0 Å². The summed E-state index contributed by atoms with van der Waals surface area (Å²) in [7, 11) is 0. The van der Waals surface area contributed by atoms with E-state index in [2.05, 4.69) is 26.0 Å². The van der Waals surface area contributed by atoms with Gasteiger partial charge >= 0.3 is 12.3 Å². The molecule has 2 aromatic carbocycles. The fourth-order valence-corrected chi connectivity index (χ4v) is 4.63. The monoisotopic (exact) mass is 582 g/mol. The molecule has 0 radical (unpaired) electrons. The highest BCUT2D eigenvalue weighted by molar-refractivity contribution is 6.07. The molecule has 0 saturated carbocycles. The number of ether oxygens (including phenoxy) is 1. The number of allylic oxidation sites excluding steroid dienone is 1. The Hall–Kier alpha value is -4.94. The third kappa shape index (κ3) is 5.90. The van der Waals surface area contributed by atoms with Crippen LogP contribution in [-0.4, -0.2) is 32.4 Å². The van der Waals surface area contributed by atoms with Crippen LogP contribution >= 0.6 is 0 Å². The third-order valence-electron chi connectivity index (χ3n) is 6.36. The molecule has 0 bridgehead atoms. The highest BCUT2D eigenvalue weighted by atomic mass is 19.4. The van der Waals surface area contributed by atoms with Crippen LogP contribution in [0.3, 0.4) is 0 Å². The lowest BCUT2D eigenvalue weighted by Gasteiger charge is -2.30. The van der Waals surface area contributed by atoms with E-state index < -0.39 is 41.2 Å². The van der Waals surface area contributed by atoms with E-state index in [0.717, 1.165) is 22.9 Å². The summed E-state index contributed by atoms with van der Waals surface area (Å²) in [5, 5.41) is 14.4. The van der Waals surface area contributed by atoms with Gasteiger partial charge in [0.1, 0.15) is 23.3 Å². The number of hydrogen-bond acceptors (Lipinski definition) is 6. The standard InChI is InChI=1S/C29H26F4N6O3/c1-15-24(26(40)36-19-7-5-18-14-34-10-9-16(18)11-19)25(17-6-8-20(21(30)12-17)29(31,32)33)39-23(35-15)13-22(38-39)37-27(41)42-28(2,3)4/h5-14,25,35H,1-4H3,(H,36,40)(H,37,38,41). The number of anilines is 3. The van der Waals surface area contributed by atoms with Crippen LogP contribution in [0, 0.1) is 5.82 Å². The van der Waals surface area contributed by atoms with E-state index in [4.69, 9.17) is 4.74 Å². The van der Waals surface area contributed by atoms with Crippen molar-refractivity contribution in [3.63, 3.8) is 0 Å². The number of hydrogen-bond donors (Lipinski definition) is 3. The van der Waals surface area contributed by atoms with E-state index in [1.165, 1.54) is 10.7 Å². The molecule has 0 aliphatic carbocycles. The Morgan fingerprint density at radius 3 is 2.45 bits per heavy atom. The molecule has 13 heteroatoms. The predicted molar refractivity (Wildman–Crippen MR) is 148 cm³/mol. The molecule has 1 atom stereocenters. The van der Waals surface area contributed by atoms with Gasteiger partial charge in [0.15, 0.2) is 5.82 Å². The molecule has 4 aromatic rings. The Morgan fingerprint density at radius 1 is 1.00 bits per heavy atom. The highest BCUT2D eigenvalue weighted by Gasteiger charge is 2.37. The second kappa shape index (κ2) is 10.5. The number of benzene rings is 2. The summed E-state index contributed by atoms with van der Waals surface area (Å²) in [6, 6.07) is 9.75. The van der Waals surface area contributed by atoms with Crippen molar-refractivity contribution in [2.45, 2.75) is 45.5 Å². The lowest BCUT2D eigenvalue weighted by molar-refractivity contribution is -0.140. The summed E-state index contributed by atoms with van der Waals surface area (Å²) in [5.74, 6) is -1.75. The van der Waals surface area contributed by atoms with E-state index in [9.17, 15) is 27.2 Å². The minimum Gasteiger partial charge on any atom is -0.444 e. The maximum Gasteiger partial charge on any atom is 0.419 e. The van der Waals surface area contributed by atoms with Gasteiger partial charge in [0, 0.05) is 35.2 Å². The van der Waals surface area contributed by atoms with E-state index in [-0.39, 0.29) is 17.0 Å². The van der Waals surface area contributed by atoms with E-state index in [1.54, 1.807) is 64.4 Å². The molecule has 0 saturated heterocycles. The Morgan fingerprint density at radius 2 is 1.76 bits per heavy atom. The maximum atomic E-state index is 14.8. The molecule has 1 unspecified atom stereocenters. The largest absolute Gasteiger partial charge is 0.444 e. The van der Waals surface area contributed by atoms with Crippen molar-refractivity contribution < 1.29 is 31.9 Å². The van der Waals surface area contributed by atoms with Crippen molar-refractivity contribution >= 4 is 40.1 Å². The molecular weight excluding hydrogens is 556 g/mol. The van der Waals surface area contributed by atoms with Crippen LogP contribution in [0.2, 0.25) is 0 Å². The number of rotatable bonds is 4. The molecule has 42 heavy (non-hydrogen) atoms. The fourth-order valence-electron chi connectivity index (χ4n) is 4.63. The molecule has 1 aliphatic heterocycles. The molecular formula is C29H26F4N6O3. The Kier molecular flexibility index (Phi) is 7.13. The predicted octanol–water partition coefficient (Wildman–Crippen LogP) is 6.86. The van der Waals surface area contributed by atoms with Crippen LogP contribution in [0.25, 0.3) is 10.8 Å². The minimum absolute atomic E-state index is 0.0317. The van der Waals surface area contributed by atoms with Gasteiger partial charge in [0.2, 0.25) is 0 Å². The smallest absolute Gasteiger partial charge is 0.419 e. The lowest BCUT2D eigenvalue weighted by Crippen LogP contribution is -2.31. The van der Waals surface area contributed by atoms with Crippen LogP contribution in [0.15, 0.2) is 72.2 Å². The molecule has 3 heterocycles. The van der Waals surface area contributed by atoms with Gasteiger partial charge in [0.05, 0.1) is 11.1 Å². The first-order chi connectivity index (χ1) is 19.7. The van der Waals surface area contributed by atoms with Gasteiger partial charge < -0.3 is 15.4 Å². The molecule has 0 fully saturated rings. The summed E-state index contributed by atoms with van der Waals surface area (Å²) < 4.78 is 61.3. The quantitative estimate of drug-likeness (QED) is 0.227. The van der Waals surface area contributed by atoms with Gasteiger partial charge in [-0.2, -0.15) is 18.3 Å². The fraction of sp³-hybridized carbons (Fsp3) is 0.241. The van der Waals surface area contributed by atoms with Crippen molar-refractivity contribution in [3.8, 4) is 0 Å². The van der Waals surface area contributed by atoms with Gasteiger partial charge in [0.25, 0.3) is 5.91 Å². The van der Waals surface area contributed by atoms with Crippen LogP contribution in [-0.2, 0) is 15.7 Å². The second-order valence-electron chi connectivity index (χ2n) is 10.7. The number of amides is 2. The first kappa shape index (κ1) is 28.6. The first-order valence-corrected chi connectivity index (χ1v) is 12.8. The van der Waals surface area contributed by atoms with E-state index >= 15 is 0 Å². The summed E-state index contributed by atoms with van der Waals surface area (Å²) in [6.07, 6.45) is -2.40. The summed E-state index contributed by atoms with van der Waals surface area (Å²) in [6.45, 7) is 6.66. The number of carbonyl (C=O) groups excluding carboxylic acids is 2.